The minimum Gasteiger partial charge on any atom is -0.457 e. The van der Waals surface area contributed by atoms with Gasteiger partial charge in [-0.3, -0.25) is 0 Å². The van der Waals surface area contributed by atoms with Crippen molar-refractivity contribution in [2.24, 2.45) is 0 Å². The summed E-state index contributed by atoms with van der Waals surface area (Å²) >= 11 is 2.00. The van der Waals surface area contributed by atoms with Gasteiger partial charge in [-0.15, -0.1) is 11.8 Å². The van der Waals surface area contributed by atoms with E-state index in [1.54, 1.807) is 0 Å². The second kappa shape index (κ2) is 16.7. The van der Waals surface area contributed by atoms with Gasteiger partial charge >= 0.3 is 0 Å². The van der Waals surface area contributed by atoms with E-state index in [1.807, 2.05) is 84.6 Å². The number of allylic oxidation sites excluding steroid dienone is 4. The highest BCUT2D eigenvalue weighted by Crippen LogP contribution is 2.56. The highest BCUT2D eigenvalue weighted by Gasteiger charge is 2.43. The number of nitrogens with zero attached hydrogens (tertiary/aromatic N) is 4. The second-order valence-electron chi connectivity index (χ2n) is 18.3. The van der Waals surface area contributed by atoms with Crippen LogP contribution in [0.5, 0.6) is 11.5 Å². The maximum Gasteiger partial charge on any atom is 0.164 e. The third kappa shape index (κ3) is 7.33. The molecule has 0 radical (unpaired) electrons. The van der Waals surface area contributed by atoms with E-state index in [4.69, 9.17) is 19.7 Å². The minimum atomic E-state index is -0.0794. The molecule has 12 rings (SSSR count). The lowest BCUT2D eigenvalue weighted by Gasteiger charge is -2.46. The molecule has 5 nitrogen and oxygen atoms in total. The standard InChI is InChI=1S/C61H48N4OS/c1-39-47(60-63-58(42-19-9-5-10-20-42)62-59(64-60)43-21-11-6-12-22-43)24-15-28-54(39)66-46-33-29-41(30-34-46)45-32-36-52-56(38-45)67-55-37-44(40-17-7-4-8-18-40)31-35-51(55)65(52)53-27-16-26-50-57(53)48-23-13-14-25-49(48)61(50,2)3/h4-31,33-38,45,51,55H,32H2,1-3H3. The maximum absolute atomic E-state index is 6.65. The van der Waals surface area contributed by atoms with Crippen molar-refractivity contribution in [1.82, 2.24) is 15.0 Å². The zero-order valence-corrected chi connectivity index (χ0v) is 38.5. The van der Waals surface area contributed by atoms with Crippen molar-refractivity contribution in [1.29, 1.82) is 0 Å². The molecular weight excluding hydrogens is 837 g/mol. The first-order valence-corrected chi connectivity index (χ1v) is 24.1. The number of hydrogen-bond donors (Lipinski definition) is 0. The topological polar surface area (TPSA) is 51.1 Å². The molecule has 0 spiro atoms. The number of rotatable bonds is 8. The normalized spacial score (nSPS) is 18.7. The number of thioether (sulfide) groups is 1. The molecule has 3 aliphatic carbocycles. The summed E-state index contributed by atoms with van der Waals surface area (Å²) in [5.41, 5.74) is 15.5. The number of anilines is 1. The van der Waals surface area contributed by atoms with Crippen molar-refractivity contribution < 1.29 is 4.74 Å². The molecule has 1 fully saturated rings. The van der Waals surface area contributed by atoms with Crippen molar-refractivity contribution in [2.45, 2.75) is 49.8 Å². The summed E-state index contributed by atoms with van der Waals surface area (Å²) in [4.78, 5) is 18.9. The third-order valence-electron chi connectivity index (χ3n) is 13.9. The van der Waals surface area contributed by atoms with E-state index in [0.717, 1.165) is 40.2 Å². The van der Waals surface area contributed by atoms with Crippen LogP contribution in [0.1, 0.15) is 54.0 Å². The monoisotopic (exact) mass is 884 g/mol. The smallest absolute Gasteiger partial charge is 0.164 e. The SMILES string of the molecule is Cc1c(Oc2ccc(C3C=C4SC5C=C(c6ccccc6)C=CC5N(c5cccc6c5-c5ccccc5C6(C)C)C4=CC3)cc2)cccc1-c1nc(-c2ccccc2)nc(-c2ccccc2)n1. The molecule has 6 heteroatoms. The highest BCUT2D eigenvalue weighted by molar-refractivity contribution is 8.04. The van der Waals surface area contributed by atoms with Gasteiger partial charge in [-0.2, -0.15) is 0 Å². The van der Waals surface area contributed by atoms with Gasteiger partial charge in [0.25, 0.3) is 0 Å². The fourth-order valence-corrected chi connectivity index (χ4v) is 11.8. The zero-order valence-electron chi connectivity index (χ0n) is 37.7. The lowest BCUT2D eigenvalue weighted by Crippen LogP contribution is -2.45. The summed E-state index contributed by atoms with van der Waals surface area (Å²) in [5.74, 6) is 3.64. The van der Waals surface area contributed by atoms with Crippen molar-refractivity contribution in [2.75, 3.05) is 4.90 Å². The van der Waals surface area contributed by atoms with Crippen molar-refractivity contribution >= 4 is 23.0 Å². The number of benzene rings is 7. The van der Waals surface area contributed by atoms with Gasteiger partial charge in [0.1, 0.15) is 11.5 Å². The number of ether oxygens (including phenoxy) is 1. The first-order valence-electron chi connectivity index (χ1n) is 23.2. The zero-order chi connectivity index (χ0) is 45.1. The van der Waals surface area contributed by atoms with E-state index in [-0.39, 0.29) is 22.6 Å². The third-order valence-corrected chi connectivity index (χ3v) is 15.1. The highest BCUT2D eigenvalue weighted by atomic mass is 32.2. The first-order chi connectivity index (χ1) is 32.9. The van der Waals surface area contributed by atoms with Crippen LogP contribution >= 0.6 is 11.8 Å². The van der Waals surface area contributed by atoms with E-state index < -0.39 is 0 Å². The molecule has 2 heterocycles. The van der Waals surface area contributed by atoms with Crippen LogP contribution in [0, 0.1) is 6.92 Å². The van der Waals surface area contributed by atoms with E-state index in [0.29, 0.717) is 17.5 Å². The van der Waals surface area contributed by atoms with Gasteiger partial charge in [-0.05, 0) is 71.0 Å². The Balaban J connectivity index is 0.855. The first kappa shape index (κ1) is 40.9. The lowest BCUT2D eigenvalue weighted by molar-refractivity contribution is 0.479. The van der Waals surface area contributed by atoms with Crippen molar-refractivity contribution in [3.8, 4) is 56.8 Å². The van der Waals surface area contributed by atoms with E-state index in [2.05, 4.69) is 159 Å². The molecule has 0 amide bonds. The molecular formula is C61H48N4OS. The molecule has 7 aromatic carbocycles. The molecule has 3 unspecified atom stereocenters. The van der Waals surface area contributed by atoms with Crippen molar-refractivity contribution in [3.05, 3.63) is 245 Å². The van der Waals surface area contributed by atoms with Gasteiger partial charge in [-0.25, -0.2) is 15.0 Å². The van der Waals surface area contributed by atoms with Gasteiger partial charge in [-0.1, -0.05) is 196 Å². The summed E-state index contributed by atoms with van der Waals surface area (Å²) in [6.07, 6.45) is 13.2. The molecule has 0 N–H and O–H groups in total. The van der Waals surface area contributed by atoms with E-state index >= 15 is 0 Å². The fourth-order valence-electron chi connectivity index (χ4n) is 10.4. The van der Waals surface area contributed by atoms with E-state index in [9.17, 15) is 0 Å². The van der Waals surface area contributed by atoms with Gasteiger partial charge in [0.15, 0.2) is 17.5 Å². The van der Waals surface area contributed by atoms with Gasteiger partial charge < -0.3 is 9.64 Å². The van der Waals surface area contributed by atoms with Crippen LogP contribution in [0.2, 0.25) is 0 Å². The van der Waals surface area contributed by atoms with Crippen LogP contribution in [0.15, 0.2) is 217 Å². The minimum absolute atomic E-state index is 0.0794. The molecule has 0 saturated carbocycles. The van der Waals surface area contributed by atoms with Gasteiger partial charge in [0.2, 0.25) is 0 Å². The largest absolute Gasteiger partial charge is 0.457 e. The Labute approximate surface area is 397 Å². The number of fused-ring (bicyclic) bond motifs is 5. The molecule has 67 heavy (non-hydrogen) atoms. The molecule has 1 saturated heterocycles. The Hall–Kier alpha value is -7.54. The second-order valence-corrected chi connectivity index (χ2v) is 19.5. The maximum atomic E-state index is 6.65. The average Bonchev–Trinajstić information content (AvgIpc) is 3.62. The van der Waals surface area contributed by atoms with E-state index in [1.165, 1.54) is 55.2 Å². The van der Waals surface area contributed by atoms with Crippen LogP contribution in [0.25, 0.3) is 50.9 Å². The summed E-state index contributed by atoms with van der Waals surface area (Å²) in [7, 11) is 0. The predicted molar refractivity (Wildman–Crippen MR) is 276 cm³/mol. The quantitative estimate of drug-likeness (QED) is 0.152. The Morgan fingerprint density at radius 1 is 0.597 bits per heavy atom. The number of aromatic nitrogens is 3. The van der Waals surface area contributed by atoms with Gasteiger partial charge in [0, 0.05) is 49.7 Å². The molecule has 8 aromatic rings. The van der Waals surface area contributed by atoms with Gasteiger partial charge in [0.05, 0.1) is 17.0 Å². The van der Waals surface area contributed by atoms with Crippen molar-refractivity contribution in [3.63, 3.8) is 0 Å². The molecule has 1 aliphatic heterocycles. The Kier molecular flexibility index (Phi) is 10.2. The average molecular weight is 885 g/mol. The Bertz CT molecular complexity index is 3260. The fraction of sp³-hybridized carbons (Fsp3) is 0.131. The Morgan fingerprint density at radius 2 is 1.21 bits per heavy atom. The Morgan fingerprint density at radius 3 is 1.93 bits per heavy atom. The summed E-state index contributed by atoms with van der Waals surface area (Å²) < 4.78 is 6.65. The van der Waals surface area contributed by atoms with Crippen LogP contribution in [0.3, 0.4) is 0 Å². The lowest BCUT2D eigenvalue weighted by atomic mass is 9.82. The number of hydrogen-bond acceptors (Lipinski definition) is 6. The summed E-state index contributed by atoms with van der Waals surface area (Å²) in [5, 5.41) is 0.227. The molecule has 3 atom stereocenters. The molecule has 0 bridgehead atoms. The van der Waals surface area contributed by atoms with Crippen LogP contribution in [0.4, 0.5) is 5.69 Å². The predicted octanol–water partition coefficient (Wildman–Crippen LogP) is 15.2. The van der Waals surface area contributed by atoms with Crippen LogP contribution in [-0.4, -0.2) is 26.2 Å². The molecule has 324 valence electrons. The molecule has 1 aromatic heterocycles. The van der Waals surface area contributed by atoms with Crippen LogP contribution in [-0.2, 0) is 5.41 Å². The summed E-state index contributed by atoms with van der Waals surface area (Å²) in [6, 6.07) is 61.8. The van der Waals surface area contributed by atoms with Crippen LogP contribution < -0.4 is 9.64 Å². The summed E-state index contributed by atoms with van der Waals surface area (Å²) in [6.45, 7) is 6.82. The molecule has 4 aliphatic rings.